The van der Waals surface area contributed by atoms with Gasteiger partial charge in [-0.15, -0.1) is 0 Å². The van der Waals surface area contributed by atoms with Crippen LogP contribution in [0.15, 0.2) is 24.3 Å². The molecule has 2 unspecified atom stereocenters. The zero-order chi connectivity index (χ0) is 14.1. The van der Waals surface area contributed by atoms with Crippen LogP contribution in [-0.4, -0.2) is 29.7 Å². The van der Waals surface area contributed by atoms with Crippen LogP contribution < -0.4 is 5.32 Å². The van der Waals surface area contributed by atoms with Crippen LogP contribution in [-0.2, 0) is 4.74 Å². The number of methoxy groups -OCH3 is 1. The van der Waals surface area contributed by atoms with Crippen LogP contribution in [0.5, 0.6) is 0 Å². The Hall–Kier alpha value is -1.72. The number of hydrogen-bond donors (Lipinski definition) is 2. The lowest BCUT2D eigenvalue weighted by Crippen LogP contribution is -2.16. The van der Waals surface area contributed by atoms with Crippen molar-refractivity contribution >= 4 is 0 Å². The highest BCUT2D eigenvalue weighted by Crippen LogP contribution is 2.28. The summed E-state index contributed by atoms with van der Waals surface area (Å²) in [6, 6.07) is 6.85. The summed E-state index contributed by atoms with van der Waals surface area (Å²) in [5.41, 5.74) is 2.10. The Bertz CT molecular complexity index is 611. The second-order valence-electron chi connectivity index (χ2n) is 5.13. The number of rotatable bonds is 3. The van der Waals surface area contributed by atoms with Crippen molar-refractivity contribution < 1.29 is 9.13 Å². The molecule has 0 spiro atoms. The minimum atomic E-state index is -0.247. The van der Waals surface area contributed by atoms with Crippen molar-refractivity contribution in [2.75, 3.05) is 13.7 Å². The van der Waals surface area contributed by atoms with E-state index in [2.05, 4.69) is 15.3 Å². The molecule has 1 aromatic heterocycles. The number of aromatic amines is 1. The number of halogens is 1. The fraction of sp³-hybridized carbons (Fsp3) is 0.400. The molecule has 2 heterocycles. The number of hydrogen-bond acceptors (Lipinski definition) is 3. The Kier molecular flexibility index (Phi) is 3.54. The molecule has 1 aliphatic heterocycles. The quantitative estimate of drug-likeness (QED) is 0.905. The number of aromatic nitrogens is 2. The van der Waals surface area contributed by atoms with Crippen LogP contribution in [0.3, 0.4) is 0 Å². The Morgan fingerprint density at radius 1 is 1.35 bits per heavy atom. The van der Waals surface area contributed by atoms with Gasteiger partial charge in [-0.3, -0.25) is 0 Å². The summed E-state index contributed by atoms with van der Waals surface area (Å²) in [4.78, 5) is 7.84. The van der Waals surface area contributed by atoms with Crippen LogP contribution in [0, 0.1) is 12.7 Å². The molecule has 0 amide bonds. The summed E-state index contributed by atoms with van der Waals surface area (Å²) in [7, 11) is 1.72. The van der Waals surface area contributed by atoms with Crippen LogP contribution in [0.25, 0.3) is 11.3 Å². The third-order valence-electron chi connectivity index (χ3n) is 3.79. The largest absolute Gasteiger partial charge is 0.380 e. The highest BCUT2D eigenvalue weighted by Gasteiger charge is 2.28. The van der Waals surface area contributed by atoms with Gasteiger partial charge in [0.15, 0.2) is 0 Å². The van der Waals surface area contributed by atoms with E-state index < -0.39 is 0 Å². The van der Waals surface area contributed by atoms with Gasteiger partial charge < -0.3 is 15.0 Å². The van der Waals surface area contributed by atoms with E-state index in [4.69, 9.17) is 4.74 Å². The average molecular weight is 275 g/mol. The molecule has 0 saturated carbocycles. The van der Waals surface area contributed by atoms with Gasteiger partial charge in [-0.2, -0.15) is 0 Å². The molecule has 3 rings (SSSR count). The van der Waals surface area contributed by atoms with Gasteiger partial charge in [-0.05, 0) is 25.5 Å². The molecule has 5 heteroatoms. The van der Waals surface area contributed by atoms with Gasteiger partial charge in [0, 0.05) is 24.9 Å². The maximum absolute atomic E-state index is 13.9. The van der Waals surface area contributed by atoms with Crippen LogP contribution in [0.1, 0.15) is 24.0 Å². The van der Waals surface area contributed by atoms with Gasteiger partial charge in [-0.25, -0.2) is 9.37 Å². The molecular weight excluding hydrogens is 257 g/mol. The molecule has 1 aromatic carbocycles. The molecule has 1 fully saturated rings. The summed E-state index contributed by atoms with van der Waals surface area (Å²) in [5, 5.41) is 3.37. The lowest BCUT2D eigenvalue weighted by atomic mass is 10.1. The molecule has 20 heavy (non-hydrogen) atoms. The zero-order valence-electron chi connectivity index (χ0n) is 11.6. The number of ether oxygens (including phenoxy) is 1. The SMILES string of the molecule is COC1CNC(c2nc(-c3ccccc3F)c(C)[nH]2)C1. The summed E-state index contributed by atoms with van der Waals surface area (Å²) in [6.07, 6.45) is 1.09. The van der Waals surface area contributed by atoms with Gasteiger partial charge >= 0.3 is 0 Å². The molecular formula is C15H18FN3O. The minimum absolute atomic E-state index is 0.138. The first-order chi connectivity index (χ1) is 9.69. The van der Waals surface area contributed by atoms with Crippen molar-refractivity contribution in [3.05, 3.63) is 41.6 Å². The second kappa shape index (κ2) is 5.34. The number of nitrogens with one attached hydrogen (secondary N) is 2. The fourth-order valence-electron chi connectivity index (χ4n) is 2.66. The number of H-pyrrole nitrogens is 1. The predicted octanol–water partition coefficient (Wildman–Crippen LogP) is 2.57. The first kappa shape index (κ1) is 13.3. The smallest absolute Gasteiger partial charge is 0.132 e. The molecule has 0 radical (unpaired) electrons. The van der Waals surface area contributed by atoms with E-state index in [-0.39, 0.29) is 18.0 Å². The average Bonchev–Trinajstić information content (AvgIpc) is 3.06. The Morgan fingerprint density at radius 2 is 2.15 bits per heavy atom. The first-order valence-electron chi connectivity index (χ1n) is 6.76. The molecule has 2 N–H and O–H groups in total. The molecule has 4 nitrogen and oxygen atoms in total. The number of imidazole rings is 1. The van der Waals surface area contributed by atoms with E-state index in [9.17, 15) is 4.39 Å². The van der Waals surface area contributed by atoms with E-state index in [0.29, 0.717) is 11.3 Å². The Morgan fingerprint density at radius 3 is 2.85 bits per heavy atom. The van der Waals surface area contributed by atoms with Gasteiger partial charge in [0.05, 0.1) is 17.8 Å². The maximum atomic E-state index is 13.9. The van der Waals surface area contributed by atoms with Gasteiger partial charge in [0.2, 0.25) is 0 Å². The topological polar surface area (TPSA) is 49.9 Å². The molecule has 1 saturated heterocycles. The fourth-order valence-corrected chi connectivity index (χ4v) is 2.66. The van der Waals surface area contributed by atoms with E-state index in [1.807, 2.05) is 13.0 Å². The summed E-state index contributed by atoms with van der Waals surface area (Å²) in [5.74, 6) is 0.600. The van der Waals surface area contributed by atoms with Crippen molar-refractivity contribution in [2.24, 2.45) is 0 Å². The zero-order valence-corrected chi connectivity index (χ0v) is 11.6. The monoisotopic (exact) mass is 275 g/mol. The molecule has 0 aliphatic carbocycles. The predicted molar refractivity (Wildman–Crippen MR) is 74.9 cm³/mol. The van der Waals surface area contributed by atoms with Crippen LogP contribution >= 0.6 is 0 Å². The minimum Gasteiger partial charge on any atom is -0.380 e. The third-order valence-corrected chi connectivity index (χ3v) is 3.79. The van der Waals surface area contributed by atoms with E-state index in [0.717, 1.165) is 24.5 Å². The van der Waals surface area contributed by atoms with E-state index >= 15 is 0 Å². The lowest BCUT2D eigenvalue weighted by molar-refractivity contribution is 0.117. The highest BCUT2D eigenvalue weighted by molar-refractivity contribution is 5.62. The first-order valence-corrected chi connectivity index (χ1v) is 6.76. The molecule has 0 bridgehead atoms. The summed E-state index contributed by atoms with van der Waals surface area (Å²) >= 11 is 0. The second-order valence-corrected chi connectivity index (χ2v) is 5.13. The van der Waals surface area contributed by atoms with Crippen molar-refractivity contribution in [2.45, 2.75) is 25.5 Å². The summed E-state index contributed by atoms with van der Waals surface area (Å²) in [6.45, 7) is 2.73. The molecule has 2 aromatic rings. The van der Waals surface area contributed by atoms with Crippen molar-refractivity contribution in [3.8, 4) is 11.3 Å². The lowest BCUT2D eigenvalue weighted by Gasteiger charge is -2.06. The molecule has 2 atom stereocenters. The van der Waals surface area contributed by atoms with Gasteiger partial charge in [-0.1, -0.05) is 12.1 Å². The summed E-state index contributed by atoms with van der Waals surface area (Å²) < 4.78 is 19.2. The van der Waals surface area contributed by atoms with Gasteiger partial charge in [0.1, 0.15) is 11.6 Å². The van der Waals surface area contributed by atoms with Crippen LogP contribution in [0.2, 0.25) is 0 Å². The van der Waals surface area contributed by atoms with Crippen molar-refractivity contribution in [1.82, 2.24) is 15.3 Å². The number of aryl methyl sites for hydroxylation is 1. The standard InChI is InChI=1S/C15H18FN3O/c1-9-14(11-5-3-4-6-12(11)16)19-15(18-9)13-7-10(20-2)8-17-13/h3-6,10,13,17H,7-8H2,1-2H3,(H,18,19). The van der Waals surface area contributed by atoms with E-state index in [1.165, 1.54) is 6.07 Å². The Labute approximate surface area is 117 Å². The van der Waals surface area contributed by atoms with Crippen molar-refractivity contribution in [3.63, 3.8) is 0 Å². The maximum Gasteiger partial charge on any atom is 0.132 e. The number of benzene rings is 1. The molecule has 106 valence electrons. The van der Waals surface area contributed by atoms with E-state index in [1.54, 1.807) is 19.2 Å². The third kappa shape index (κ3) is 2.34. The van der Waals surface area contributed by atoms with Crippen molar-refractivity contribution in [1.29, 1.82) is 0 Å². The van der Waals surface area contributed by atoms with Crippen LogP contribution in [0.4, 0.5) is 4.39 Å². The normalized spacial score (nSPS) is 22.4. The highest BCUT2D eigenvalue weighted by atomic mass is 19.1. The number of nitrogens with zero attached hydrogens (tertiary/aromatic N) is 1. The molecule has 1 aliphatic rings. The Balaban J connectivity index is 1.90. The van der Waals surface area contributed by atoms with Gasteiger partial charge in [0.25, 0.3) is 0 Å².